The topological polar surface area (TPSA) is 79.6 Å². The summed E-state index contributed by atoms with van der Waals surface area (Å²) in [6.07, 6.45) is -0.317. The van der Waals surface area contributed by atoms with Crippen molar-refractivity contribution < 1.29 is 19.1 Å². The van der Waals surface area contributed by atoms with Gasteiger partial charge in [0.25, 0.3) is 0 Å². The van der Waals surface area contributed by atoms with Crippen LogP contribution in [0.1, 0.15) is 51.7 Å². The average molecular weight is 382 g/mol. The van der Waals surface area contributed by atoms with Gasteiger partial charge in [0.1, 0.15) is 0 Å². The van der Waals surface area contributed by atoms with Gasteiger partial charge in [-0.3, -0.25) is 0 Å². The van der Waals surface area contributed by atoms with E-state index in [2.05, 4.69) is 6.07 Å². The molecule has 0 aliphatic carbocycles. The number of hydrogen-bond donors (Lipinski definition) is 0. The SMILES string of the molecule is CCOC(=O)C1=C(C)N(C)C(C)=C(C(=O)OC(C)C)C1c1ccccc1C#N. The fraction of sp³-hybridized carbons (Fsp3) is 0.409. The summed E-state index contributed by atoms with van der Waals surface area (Å²) in [6, 6.07) is 9.13. The van der Waals surface area contributed by atoms with Gasteiger partial charge in [-0.05, 0) is 46.2 Å². The van der Waals surface area contributed by atoms with E-state index >= 15 is 0 Å². The lowest BCUT2D eigenvalue weighted by atomic mass is 9.78. The normalized spacial score (nSPS) is 16.9. The van der Waals surface area contributed by atoms with Crippen LogP contribution in [0.5, 0.6) is 0 Å². The van der Waals surface area contributed by atoms with Crippen molar-refractivity contribution in [2.45, 2.75) is 46.6 Å². The van der Waals surface area contributed by atoms with Crippen LogP contribution in [0.15, 0.2) is 46.8 Å². The molecule has 0 radical (unpaired) electrons. The number of nitriles is 1. The number of rotatable bonds is 5. The molecule has 0 aromatic heterocycles. The van der Waals surface area contributed by atoms with Gasteiger partial charge in [0, 0.05) is 18.4 Å². The van der Waals surface area contributed by atoms with E-state index < -0.39 is 17.9 Å². The summed E-state index contributed by atoms with van der Waals surface area (Å²) in [4.78, 5) is 27.7. The summed E-state index contributed by atoms with van der Waals surface area (Å²) in [5.41, 5.74) is 3.01. The fourth-order valence-electron chi connectivity index (χ4n) is 3.35. The molecule has 1 aliphatic rings. The molecular weight excluding hydrogens is 356 g/mol. The van der Waals surface area contributed by atoms with Crippen LogP contribution in [0.4, 0.5) is 0 Å². The van der Waals surface area contributed by atoms with Gasteiger partial charge in [0.2, 0.25) is 0 Å². The number of ether oxygens (including phenoxy) is 2. The molecular formula is C22H26N2O4. The maximum Gasteiger partial charge on any atom is 0.337 e. The van der Waals surface area contributed by atoms with E-state index in [1.54, 1.807) is 57.0 Å². The Morgan fingerprint density at radius 3 is 2.25 bits per heavy atom. The molecule has 6 nitrogen and oxygen atoms in total. The average Bonchev–Trinajstić information content (AvgIpc) is 2.65. The highest BCUT2D eigenvalue weighted by Crippen LogP contribution is 2.43. The number of benzene rings is 1. The second-order valence-corrected chi connectivity index (χ2v) is 6.86. The second kappa shape index (κ2) is 8.75. The largest absolute Gasteiger partial charge is 0.463 e. The standard InChI is InChI=1S/C22H26N2O4/c1-7-27-21(25)18-14(4)24(6)15(5)19(22(26)28-13(2)3)20(18)17-11-9-8-10-16(17)12-23/h8-11,13,20H,7H2,1-6H3. The molecule has 1 unspecified atom stereocenters. The van der Waals surface area contributed by atoms with Gasteiger partial charge in [0.15, 0.2) is 0 Å². The monoisotopic (exact) mass is 382 g/mol. The quantitative estimate of drug-likeness (QED) is 0.723. The Bertz CT molecular complexity index is 890. The molecule has 1 heterocycles. The van der Waals surface area contributed by atoms with E-state index in [9.17, 15) is 14.9 Å². The van der Waals surface area contributed by atoms with Crippen molar-refractivity contribution in [1.82, 2.24) is 4.90 Å². The first kappa shape index (κ1) is 21.2. The first-order valence-electron chi connectivity index (χ1n) is 9.26. The van der Waals surface area contributed by atoms with E-state index in [4.69, 9.17) is 9.47 Å². The van der Waals surface area contributed by atoms with Gasteiger partial charge in [-0.15, -0.1) is 0 Å². The Balaban J connectivity index is 2.79. The Morgan fingerprint density at radius 2 is 1.71 bits per heavy atom. The zero-order valence-electron chi connectivity index (χ0n) is 17.2. The summed E-state index contributed by atoms with van der Waals surface area (Å²) in [7, 11) is 1.79. The predicted molar refractivity (Wildman–Crippen MR) is 105 cm³/mol. The third-order valence-corrected chi connectivity index (χ3v) is 4.81. The summed E-state index contributed by atoms with van der Waals surface area (Å²) in [5, 5.41) is 9.61. The Labute approximate surface area is 166 Å². The molecule has 1 aromatic rings. The minimum absolute atomic E-state index is 0.209. The minimum atomic E-state index is -0.739. The number of nitrogens with zero attached hydrogens (tertiary/aromatic N) is 2. The van der Waals surface area contributed by atoms with Gasteiger partial charge in [-0.2, -0.15) is 5.26 Å². The third-order valence-electron chi connectivity index (χ3n) is 4.81. The van der Waals surface area contributed by atoms with E-state index in [0.717, 1.165) is 0 Å². The first-order valence-corrected chi connectivity index (χ1v) is 9.26. The van der Waals surface area contributed by atoms with Crippen LogP contribution >= 0.6 is 0 Å². The molecule has 28 heavy (non-hydrogen) atoms. The van der Waals surface area contributed by atoms with Gasteiger partial charge >= 0.3 is 11.9 Å². The molecule has 0 saturated heterocycles. The van der Waals surface area contributed by atoms with Crippen LogP contribution in [0, 0.1) is 11.3 Å². The molecule has 6 heteroatoms. The molecule has 0 spiro atoms. The number of allylic oxidation sites excluding steroid dienone is 2. The van der Waals surface area contributed by atoms with Gasteiger partial charge in [-0.25, -0.2) is 9.59 Å². The van der Waals surface area contributed by atoms with Crippen LogP contribution in [0.25, 0.3) is 0 Å². The zero-order valence-corrected chi connectivity index (χ0v) is 17.2. The zero-order chi connectivity index (χ0) is 21.0. The maximum absolute atomic E-state index is 13.0. The van der Waals surface area contributed by atoms with E-state index in [1.165, 1.54) is 0 Å². The third kappa shape index (κ3) is 3.94. The smallest absolute Gasteiger partial charge is 0.337 e. The Hall–Kier alpha value is -3.07. The van der Waals surface area contributed by atoms with Crippen molar-refractivity contribution in [2.24, 2.45) is 0 Å². The van der Waals surface area contributed by atoms with E-state index in [0.29, 0.717) is 33.7 Å². The lowest BCUT2D eigenvalue weighted by Crippen LogP contribution is -2.34. The highest BCUT2D eigenvalue weighted by atomic mass is 16.5. The Kier molecular flexibility index (Phi) is 6.63. The van der Waals surface area contributed by atoms with Crippen molar-refractivity contribution >= 4 is 11.9 Å². The highest BCUT2D eigenvalue weighted by Gasteiger charge is 2.40. The molecule has 0 amide bonds. The maximum atomic E-state index is 13.0. The number of carbonyl (C=O) groups excluding carboxylic acids is 2. The fourth-order valence-corrected chi connectivity index (χ4v) is 3.35. The first-order chi connectivity index (χ1) is 13.2. The van der Waals surface area contributed by atoms with Crippen molar-refractivity contribution in [3.63, 3.8) is 0 Å². The number of hydrogen-bond acceptors (Lipinski definition) is 6. The summed E-state index contributed by atoms with van der Waals surface area (Å²) >= 11 is 0. The Morgan fingerprint density at radius 1 is 1.14 bits per heavy atom. The lowest BCUT2D eigenvalue weighted by Gasteiger charge is -2.36. The van der Waals surface area contributed by atoms with Crippen molar-refractivity contribution in [3.8, 4) is 6.07 Å². The molecule has 1 aliphatic heterocycles. The second-order valence-electron chi connectivity index (χ2n) is 6.86. The van der Waals surface area contributed by atoms with Crippen molar-refractivity contribution in [1.29, 1.82) is 5.26 Å². The van der Waals surface area contributed by atoms with Crippen LogP contribution < -0.4 is 0 Å². The van der Waals surface area contributed by atoms with Crippen LogP contribution in [0.3, 0.4) is 0 Å². The van der Waals surface area contributed by atoms with Gasteiger partial charge < -0.3 is 14.4 Å². The van der Waals surface area contributed by atoms with Gasteiger partial charge in [-0.1, -0.05) is 18.2 Å². The molecule has 0 saturated carbocycles. The summed E-state index contributed by atoms with van der Waals surface area (Å²) in [6.45, 7) is 9.10. The lowest BCUT2D eigenvalue weighted by molar-refractivity contribution is -0.143. The van der Waals surface area contributed by atoms with Gasteiger partial charge in [0.05, 0.1) is 41.4 Å². The molecule has 1 atom stereocenters. The molecule has 2 rings (SSSR count). The highest BCUT2D eigenvalue weighted by molar-refractivity contribution is 6.00. The van der Waals surface area contributed by atoms with Crippen LogP contribution in [0.2, 0.25) is 0 Å². The number of carbonyl (C=O) groups is 2. The van der Waals surface area contributed by atoms with Crippen molar-refractivity contribution in [2.75, 3.05) is 13.7 Å². The summed E-state index contributed by atoms with van der Waals surface area (Å²) < 4.78 is 10.8. The molecule has 0 bridgehead atoms. The minimum Gasteiger partial charge on any atom is -0.463 e. The molecule has 1 aromatic carbocycles. The molecule has 148 valence electrons. The predicted octanol–water partition coefficient (Wildman–Crippen LogP) is 3.65. The summed E-state index contributed by atoms with van der Waals surface area (Å²) in [5.74, 6) is -1.75. The van der Waals surface area contributed by atoms with Crippen LogP contribution in [-0.4, -0.2) is 36.6 Å². The molecule has 0 fully saturated rings. The number of esters is 2. The van der Waals surface area contributed by atoms with Crippen molar-refractivity contribution in [3.05, 3.63) is 57.9 Å². The van der Waals surface area contributed by atoms with Crippen LogP contribution in [-0.2, 0) is 19.1 Å². The van der Waals surface area contributed by atoms with E-state index in [-0.39, 0.29) is 12.7 Å². The molecule has 0 N–H and O–H groups in total. The van der Waals surface area contributed by atoms with E-state index in [1.807, 2.05) is 13.8 Å².